The van der Waals surface area contributed by atoms with Crippen molar-refractivity contribution in [3.05, 3.63) is 36.2 Å². The van der Waals surface area contributed by atoms with Gasteiger partial charge in [0.2, 0.25) is 0 Å². The standard InChI is InChI=1S/C22H32N2O4/c1-6-8-14-27-19-16-24(17-10-12-18(26-5)13-11-17)20(22(25)23(3)4)21(19)28-15-9-7-2/h10-13,16H,6-9,14-15H2,1-5H3. The summed E-state index contributed by atoms with van der Waals surface area (Å²) in [6.45, 7) is 5.35. The van der Waals surface area contributed by atoms with Crippen LogP contribution in [-0.4, -0.2) is 49.8 Å². The summed E-state index contributed by atoms with van der Waals surface area (Å²) >= 11 is 0. The zero-order valence-corrected chi connectivity index (χ0v) is 17.7. The second-order valence-electron chi connectivity index (χ2n) is 6.84. The molecule has 0 N–H and O–H groups in total. The molecule has 0 saturated heterocycles. The molecule has 6 nitrogen and oxygen atoms in total. The Labute approximate surface area is 168 Å². The average molecular weight is 389 g/mol. The third-order valence-corrected chi connectivity index (χ3v) is 4.39. The fourth-order valence-electron chi connectivity index (χ4n) is 2.71. The Morgan fingerprint density at radius 3 is 2.14 bits per heavy atom. The highest BCUT2D eigenvalue weighted by Gasteiger charge is 2.26. The predicted octanol–water partition coefficient (Wildman–Crippen LogP) is 4.55. The number of methoxy groups -OCH3 is 1. The van der Waals surface area contributed by atoms with Crippen molar-refractivity contribution in [1.29, 1.82) is 0 Å². The second-order valence-corrected chi connectivity index (χ2v) is 6.84. The molecule has 1 aromatic heterocycles. The number of hydrogen-bond donors (Lipinski definition) is 0. The van der Waals surface area contributed by atoms with Gasteiger partial charge in [0.1, 0.15) is 5.75 Å². The Balaban J connectivity index is 2.52. The Hall–Kier alpha value is -2.63. The molecule has 2 aromatic rings. The largest absolute Gasteiger partial charge is 0.497 e. The molecule has 0 unspecified atom stereocenters. The van der Waals surface area contributed by atoms with E-state index >= 15 is 0 Å². The van der Waals surface area contributed by atoms with Gasteiger partial charge >= 0.3 is 0 Å². The van der Waals surface area contributed by atoms with Crippen LogP contribution < -0.4 is 14.2 Å². The molecule has 0 aliphatic carbocycles. The molecule has 28 heavy (non-hydrogen) atoms. The van der Waals surface area contributed by atoms with Crippen LogP contribution >= 0.6 is 0 Å². The van der Waals surface area contributed by atoms with Crippen molar-refractivity contribution >= 4 is 5.91 Å². The maximum Gasteiger partial charge on any atom is 0.274 e. The highest BCUT2D eigenvalue weighted by atomic mass is 16.5. The van der Waals surface area contributed by atoms with E-state index < -0.39 is 0 Å². The van der Waals surface area contributed by atoms with Crippen LogP contribution in [0.5, 0.6) is 17.2 Å². The SMILES string of the molecule is CCCCOc1cn(-c2ccc(OC)cc2)c(C(=O)N(C)C)c1OCCCC. The highest BCUT2D eigenvalue weighted by Crippen LogP contribution is 2.37. The van der Waals surface area contributed by atoms with Gasteiger partial charge in [-0.1, -0.05) is 26.7 Å². The quantitative estimate of drug-likeness (QED) is 0.530. The molecule has 1 heterocycles. The summed E-state index contributed by atoms with van der Waals surface area (Å²) in [6, 6.07) is 7.57. The lowest BCUT2D eigenvalue weighted by Crippen LogP contribution is -2.25. The van der Waals surface area contributed by atoms with E-state index in [2.05, 4.69) is 13.8 Å². The predicted molar refractivity (Wildman–Crippen MR) is 111 cm³/mol. The molecule has 0 bridgehead atoms. The Kier molecular flexibility index (Phi) is 8.23. The van der Waals surface area contributed by atoms with Crippen molar-refractivity contribution in [3.63, 3.8) is 0 Å². The molecule has 154 valence electrons. The number of nitrogens with zero attached hydrogens (tertiary/aromatic N) is 2. The maximum atomic E-state index is 13.0. The first-order chi connectivity index (χ1) is 13.5. The fraction of sp³-hybridized carbons (Fsp3) is 0.500. The summed E-state index contributed by atoms with van der Waals surface area (Å²) in [5, 5.41) is 0. The number of hydrogen-bond acceptors (Lipinski definition) is 4. The molecule has 1 amide bonds. The van der Waals surface area contributed by atoms with E-state index in [1.54, 1.807) is 26.1 Å². The average Bonchev–Trinajstić information content (AvgIpc) is 3.06. The normalized spacial score (nSPS) is 10.6. The summed E-state index contributed by atoms with van der Waals surface area (Å²) in [5.74, 6) is 1.74. The van der Waals surface area contributed by atoms with Crippen LogP contribution in [0.1, 0.15) is 50.0 Å². The van der Waals surface area contributed by atoms with Gasteiger partial charge in [-0.05, 0) is 37.1 Å². The van der Waals surface area contributed by atoms with Crippen molar-refractivity contribution in [3.8, 4) is 22.9 Å². The van der Waals surface area contributed by atoms with Crippen molar-refractivity contribution in [2.24, 2.45) is 0 Å². The van der Waals surface area contributed by atoms with Crippen molar-refractivity contribution in [2.75, 3.05) is 34.4 Å². The number of benzene rings is 1. The van der Waals surface area contributed by atoms with Crippen LogP contribution in [0.3, 0.4) is 0 Å². The van der Waals surface area contributed by atoms with E-state index in [0.29, 0.717) is 30.4 Å². The second kappa shape index (κ2) is 10.6. The number of ether oxygens (including phenoxy) is 3. The van der Waals surface area contributed by atoms with Crippen LogP contribution in [-0.2, 0) is 0 Å². The third kappa shape index (κ3) is 5.21. The number of amides is 1. The molecule has 0 radical (unpaired) electrons. The summed E-state index contributed by atoms with van der Waals surface area (Å²) in [6.07, 6.45) is 5.75. The Morgan fingerprint density at radius 2 is 1.61 bits per heavy atom. The number of carbonyl (C=O) groups is 1. The van der Waals surface area contributed by atoms with Gasteiger partial charge in [-0.2, -0.15) is 0 Å². The summed E-state index contributed by atoms with van der Waals surface area (Å²) in [7, 11) is 5.10. The lowest BCUT2D eigenvalue weighted by atomic mass is 10.2. The molecule has 6 heteroatoms. The van der Waals surface area contributed by atoms with Gasteiger partial charge in [0, 0.05) is 19.8 Å². The molecule has 0 spiro atoms. The number of rotatable bonds is 11. The van der Waals surface area contributed by atoms with Gasteiger partial charge in [-0.15, -0.1) is 0 Å². The minimum atomic E-state index is -0.132. The third-order valence-electron chi connectivity index (χ3n) is 4.39. The van der Waals surface area contributed by atoms with Crippen LogP contribution in [0.25, 0.3) is 5.69 Å². The topological polar surface area (TPSA) is 52.9 Å². The number of carbonyl (C=O) groups excluding carboxylic acids is 1. The first-order valence-corrected chi connectivity index (χ1v) is 9.90. The summed E-state index contributed by atoms with van der Waals surface area (Å²) in [4.78, 5) is 14.6. The highest BCUT2D eigenvalue weighted by molar-refractivity contribution is 5.97. The minimum Gasteiger partial charge on any atom is -0.497 e. The first kappa shape index (κ1) is 21.7. The van der Waals surface area contributed by atoms with Crippen LogP contribution in [0.4, 0.5) is 0 Å². The van der Waals surface area contributed by atoms with E-state index in [9.17, 15) is 4.79 Å². The molecule has 0 atom stereocenters. The Bertz CT molecular complexity index is 751. The van der Waals surface area contributed by atoms with E-state index in [1.165, 1.54) is 0 Å². The molecule has 0 fully saturated rings. The van der Waals surface area contributed by atoms with Crippen LogP contribution in [0.15, 0.2) is 30.5 Å². The van der Waals surface area contributed by atoms with Crippen LogP contribution in [0.2, 0.25) is 0 Å². The minimum absolute atomic E-state index is 0.132. The van der Waals surface area contributed by atoms with E-state index in [0.717, 1.165) is 37.1 Å². The van der Waals surface area contributed by atoms with Crippen molar-refractivity contribution in [2.45, 2.75) is 39.5 Å². The van der Waals surface area contributed by atoms with Gasteiger partial charge in [0.25, 0.3) is 5.91 Å². The molecule has 1 aromatic carbocycles. The molecule has 2 rings (SSSR count). The molecule has 0 aliphatic rings. The summed E-state index contributed by atoms with van der Waals surface area (Å²) < 4.78 is 19.1. The van der Waals surface area contributed by atoms with E-state index in [1.807, 2.05) is 35.0 Å². The smallest absolute Gasteiger partial charge is 0.274 e. The first-order valence-electron chi connectivity index (χ1n) is 9.90. The molecular formula is C22H32N2O4. The molecule has 0 aliphatic heterocycles. The van der Waals surface area contributed by atoms with Crippen molar-refractivity contribution < 1.29 is 19.0 Å². The monoisotopic (exact) mass is 388 g/mol. The van der Waals surface area contributed by atoms with Gasteiger partial charge in [-0.25, -0.2) is 0 Å². The summed E-state index contributed by atoms with van der Waals surface area (Å²) in [5.41, 5.74) is 1.31. The molecule has 0 saturated carbocycles. The zero-order chi connectivity index (χ0) is 20.5. The van der Waals surface area contributed by atoms with E-state index in [-0.39, 0.29) is 5.91 Å². The van der Waals surface area contributed by atoms with Gasteiger partial charge < -0.3 is 23.7 Å². The van der Waals surface area contributed by atoms with Crippen molar-refractivity contribution in [1.82, 2.24) is 9.47 Å². The lowest BCUT2D eigenvalue weighted by Gasteiger charge is -2.16. The maximum absolute atomic E-state index is 13.0. The fourth-order valence-corrected chi connectivity index (χ4v) is 2.71. The lowest BCUT2D eigenvalue weighted by molar-refractivity contribution is 0.0814. The number of unbranched alkanes of at least 4 members (excludes halogenated alkanes) is 2. The van der Waals surface area contributed by atoms with Gasteiger partial charge in [0.05, 0.1) is 26.5 Å². The number of aromatic nitrogens is 1. The van der Waals surface area contributed by atoms with Gasteiger partial charge in [0.15, 0.2) is 17.2 Å². The zero-order valence-electron chi connectivity index (χ0n) is 17.7. The Morgan fingerprint density at radius 1 is 1.00 bits per heavy atom. The molecular weight excluding hydrogens is 356 g/mol. The van der Waals surface area contributed by atoms with Gasteiger partial charge in [-0.3, -0.25) is 4.79 Å². The van der Waals surface area contributed by atoms with Crippen LogP contribution in [0, 0.1) is 0 Å². The van der Waals surface area contributed by atoms with E-state index in [4.69, 9.17) is 14.2 Å².